The lowest BCUT2D eigenvalue weighted by molar-refractivity contribution is -0.151. The van der Waals surface area contributed by atoms with Crippen LogP contribution in [0, 0.1) is 11.8 Å². The molecule has 2 amide bonds. The summed E-state index contributed by atoms with van der Waals surface area (Å²) in [6.45, 7) is 7.83. The molecule has 0 N–H and O–H groups in total. The van der Waals surface area contributed by atoms with E-state index in [9.17, 15) is 14.4 Å². The molecule has 3 rings (SSSR count). The zero-order valence-corrected chi connectivity index (χ0v) is 20.5. The van der Waals surface area contributed by atoms with Gasteiger partial charge in [0.15, 0.2) is 0 Å². The maximum atomic E-state index is 13.0. The highest BCUT2D eigenvalue weighted by molar-refractivity contribution is 5.93. The Morgan fingerprint density at radius 3 is 2.38 bits per heavy atom. The molecule has 2 aromatic carbocycles. The minimum atomic E-state index is -0.237. The number of hydrogen-bond acceptors (Lipinski definition) is 4. The van der Waals surface area contributed by atoms with Crippen LogP contribution in [0.15, 0.2) is 54.6 Å². The molecule has 0 unspecified atom stereocenters. The lowest BCUT2D eigenvalue weighted by Crippen LogP contribution is -2.43. The van der Waals surface area contributed by atoms with Crippen molar-refractivity contribution >= 4 is 23.5 Å². The largest absolute Gasteiger partial charge is 0.466 e. The van der Waals surface area contributed by atoms with Crippen molar-refractivity contribution < 1.29 is 19.1 Å². The van der Waals surface area contributed by atoms with Crippen LogP contribution in [0.2, 0.25) is 0 Å². The van der Waals surface area contributed by atoms with Gasteiger partial charge < -0.3 is 14.5 Å². The number of piperidine rings is 1. The van der Waals surface area contributed by atoms with Gasteiger partial charge in [0.2, 0.25) is 11.8 Å². The molecule has 2 aromatic rings. The van der Waals surface area contributed by atoms with Crippen molar-refractivity contribution in [1.82, 2.24) is 4.90 Å². The number of anilines is 1. The van der Waals surface area contributed by atoms with E-state index in [0.29, 0.717) is 32.7 Å². The highest BCUT2D eigenvalue weighted by Gasteiger charge is 2.29. The van der Waals surface area contributed by atoms with Crippen molar-refractivity contribution in [2.24, 2.45) is 11.8 Å². The van der Waals surface area contributed by atoms with Crippen LogP contribution >= 0.6 is 0 Å². The molecule has 6 heteroatoms. The summed E-state index contributed by atoms with van der Waals surface area (Å²) in [5.41, 5.74) is 2.79. The van der Waals surface area contributed by atoms with Crippen molar-refractivity contribution in [3.8, 4) is 0 Å². The van der Waals surface area contributed by atoms with Crippen molar-refractivity contribution in [3.63, 3.8) is 0 Å². The third-order valence-electron chi connectivity index (χ3n) is 6.06. The number of benzene rings is 2. The van der Waals surface area contributed by atoms with Crippen molar-refractivity contribution in [2.45, 2.75) is 53.0 Å². The van der Waals surface area contributed by atoms with Gasteiger partial charge in [-0.15, -0.1) is 0 Å². The van der Waals surface area contributed by atoms with Crippen LogP contribution in [0.1, 0.15) is 51.2 Å². The van der Waals surface area contributed by atoms with Crippen LogP contribution in [0.25, 0.3) is 0 Å². The molecule has 34 heavy (non-hydrogen) atoms. The Balaban J connectivity index is 1.67. The van der Waals surface area contributed by atoms with Gasteiger partial charge in [0.1, 0.15) is 0 Å². The zero-order chi connectivity index (χ0) is 24.5. The fourth-order valence-corrected chi connectivity index (χ4v) is 4.29. The second-order valence-corrected chi connectivity index (χ2v) is 9.34. The fourth-order valence-electron chi connectivity index (χ4n) is 4.29. The van der Waals surface area contributed by atoms with Gasteiger partial charge in [0, 0.05) is 25.2 Å². The molecule has 0 radical (unpaired) electrons. The number of likely N-dealkylation sites (tertiary alicyclic amines) is 1. The summed E-state index contributed by atoms with van der Waals surface area (Å²) < 4.78 is 5.14. The van der Waals surface area contributed by atoms with Crippen LogP contribution in [-0.4, -0.2) is 42.4 Å². The Bertz CT molecular complexity index is 956. The Morgan fingerprint density at radius 1 is 1.03 bits per heavy atom. The number of carbonyl (C=O) groups is 3. The van der Waals surface area contributed by atoms with Crippen LogP contribution in [0.4, 0.5) is 5.69 Å². The Hall–Kier alpha value is -3.15. The molecule has 1 aliphatic rings. The standard InChI is InChI=1S/C28H36N2O4/c1-4-34-28(33)24-11-8-16-29(20-24)26(31)18-22-12-14-25(15-13-22)30(27(32)17-21(2)3)19-23-9-6-5-7-10-23/h5-7,9-10,12-15,21,24H,4,8,11,16-20H2,1-3H3/t24-/m0/s1. The summed E-state index contributed by atoms with van der Waals surface area (Å²) in [4.78, 5) is 41.6. The first-order valence-corrected chi connectivity index (χ1v) is 12.2. The molecular weight excluding hydrogens is 428 g/mol. The number of nitrogens with zero attached hydrogens (tertiary/aromatic N) is 2. The fraction of sp³-hybridized carbons (Fsp3) is 0.464. The summed E-state index contributed by atoms with van der Waals surface area (Å²) in [5.74, 6) is -0.0853. The quantitative estimate of drug-likeness (QED) is 0.508. The first-order chi connectivity index (χ1) is 16.4. The molecule has 1 atom stereocenters. The number of ether oxygens (including phenoxy) is 1. The highest BCUT2D eigenvalue weighted by atomic mass is 16.5. The molecule has 1 heterocycles. The summed E-state index contributed by atoms with van der Waals surface area (Å²) in [7, 11) is 0. The number of rotatable bonds is 9. The summed E-state index contributed by atoms with van der Waals surface area (Å²) in [6, 6.07) is 17.6. The average Bonchev–Trinajstić information content (AvgIpc) is 2.83. The third kappa shape index (κ3) is 7.17. The van der Waals surface area contributed by atoms with Gasteiger partial charge in [-0.25, -0.2) is 0 Å². The van der Waals surface area contributed by atoms with Crippen molar-refractivity contribution in [3.05, 3.63) is 65.7 Å². The average molecular weight is 465 g/mol. The number of amides is 2. The van der Waals surface area contributed by atoms with Crippen LogP contribution < -0.4 is 4.90 Å². The lowest BCUT2D eigenvalue weighted by atomic mass is 9.97. The molecule has 0 aliphatic carbocycles. The number of carbonyl (C=O) groups excluding carboxylic acids is 3. The van der Waals surface area contributed by atoms with E-state index in [1.165, 1.54) is 0 Å². The van der Waals surface area contributed by atoms with Gasteiger partial charge in [0.25, 0.3) is 0 Å². The SMILES string of the molecule is CCOC(=O)[C@H]1CCCN(C(=O)Cc2ccc(N(Cc3ccccc3)C(=O)CC(C)C)cc2)C1. The van der Waals surface area contributed by atoms with E-state index in [1.54, 1.807) is 11.8 Å². The summed E-state index contributed by atoms with van der Waals surface area (Å²) in [6.07, 6.45) is 2.32. The molecule has 1 fully saturated rings. The number of esters is 1. The predicted octanol–water partition coefficient (Wildman–Crippen LogP) is 4.61. The monoisotopic (exact) mass is 464 g/mol. The third-order valence-corrected chi connectivity index (χ3v) is 6.06. The van der Waals surface area contributed by atoms with E-state index in [-0.39, 0.29) is 36.0 Å². The molecular formula is C28H36N2O4. The Morgan fingerprint density at radius 2 is 1.74 bits per heavy atom. The van der Waals surface area contributed by atoms with E-state index in [1.807, 2.05) is 73.3 Å². The molecule has 0 saturated carbocycles. The second-order valence-electron chi connectivity index (χ2n) is 9.34. The molecule has 6 nitrogen and oxygen atoms in total. The highest BCUT2D eigenvalue weighted by Crippen LogP contribution is 2.23. The number of hydrogen-bond donors (Lipinski definition) is 0. The predicted molar refractivity (Wildman–Crippen MR) is 133 cm³/mol. The normalized spacial score (nSPS) is 15.8. The van der Waals surface area contributed by atoms with Crippen molar-refractivity contribution in [2.75, 3.05) is 24.6 Å². The van der Waals surface area contributed by atoms with E-state index in [4.69, 9.17) is 4.74 Å². The lowest BCUT2D eigenvalue weighted by Gasteiger charge is -2.31. The Kier molecular flexibility index (Phi) is 9.25. The summed E-state index contributed by atoms with van der Waals surface area (Å²) >= 11 is 0. The van der Waals surface area contributed by atoms with E-state index in [0.717, 1.165) is 29.7 Å². The molecule has 182 valence electrons. The smallest absolute Gasteiger partial charge is 0.310 e. The van der Waals surface area contributed by atoms with Gasteiger partial charge in [-0.05, 0) is 48.9 Å². The van der Waals surface area contributed by atoms with E-state index in [2.05, 4.69) is 0 Å². The van der Waals surface area contributed by atoms with Crippen molar-refractivity contribution in [1.29, 1.82) is 0 Å². The minimum Gasteiger partial charge on any atom is -0.466 e. The first kappa shape index (κ1) is 25.5. The maximum Gasteiger partial charge on any atom is 0.310 e. The van der Waals surface area contributed by atoms with Gasteiger partial charge in [0.05, 0.1) is 25.5 Å². The zero-order valence-electron chi connectivity index (χ0n) is 20.5. The van der Waals surface area contributed by atoms with E-state index >= 15 is 0 Å². The topological polar surface area (TPSA) is 66.9 Å². The first-order valence-electron chi connectivity index (χ1n) is 12.2. The molecule has 0 spiro atoms. The molecule has 1 aliphatic heterocycles. The van der Waals surface area contributed by atoms with Gasteiger partial charge in [-0.1, -0.05) is 56.3 Å². The van der Waals surface area contributed by atoms with Crippen LogP contribution in [0.5, 0.6) is 0 Å². The van der Waals surface area contributed by atoms with Gasteiger partial charge >= 0.3 is 5.97 Å². The minimum absolute atomic E-state index is 0.0128. The second kappa shape index (κ2) is 12.4. The van der Waals surface area contributed by atoms with Crippen LogP contribution in [-0.2, 0) is 32.1 Å². The van der Waals surface area contributed by atoms with Gasteiger partial charge in [-0.3, -0.25) is 14.4 Å². The van der Waals surface area contributed by atoms with Gasteiger partial charge in [-0.2, -0.15) is 0 Å². The maximum absolute atomic E-state index is 13.0. The Labute approximate surface area is 202 Å². The molecule has 0 aromatic heterocycles. The van der Waals surface area contributed by atoms with Crippen LogP contribution in [0.3, 0.4) is 0 Å². The summed E-state index contributed by atoms with van der Waals surface area (Å²) in [5, 5.41) is 0. The van der Waals surface area contributed by atoms with E-state index < -0.39 is 0 Å². The molecule has 1 saturated heterocycles. The molecule has 0 bridgehead atoms.